The molecule has 1 unspecified atom stereocenters. The van der Waals surface area contributed by atoms with Gasteiger partial charge in [0, 0.05) is 9.61 Å². The summed E-state index contributed by atoms with van der Waals surface area (Å²) < 4.78 is 6.33. The van der Waals surface area contributed by atoms with Gasteiger partial charge in [-0.3, -0.25) is 4.90 Å². The minimum atomic E-state index is 0. The van der Waals surface area contributed by atoms with Crippen molar-refractivity contribution in [3.05, 3.63) is 45.1 Å². The summed E-state index contributed by atoms with van der Waals surface area (Å²) in [5, 5.41) is 3.98. The normalized spacial score (nSPS) is 18.7. The molecule has 0 radical (unpaired) electrons. The van der Waals surface area contributed by atoms with Crippen LogP contribution in [0.15, 0.2) is 28.8 Å². The highest BCUT2D eigenvalue weighted by Crippen LogP contribution is 2.32. The van der Waals surface area contributed by atoms with E-state index in [2.05, 4.69) is 61.9 Å². The van der Waals surface area contributed by atoms with Gasteiger partial charge in [0.25, 0.3) is 0 Å². The van der Waals surface area contributed by atoms with Gasteiger partial charge in [0.15, 0.2) is 5.82 Å². The molecule has 1 fully saturated rings. The number of hydrogen-bond acceptors (Lipinski definition) is 5. The quantitative estimate of drug-likeness (QED) is 0.770. The number of rotatable bonds is 4. The van der Waals surface area contributed by atoms with Crippen molar-refractivity contribution in [2.75, 3.05) is 6.54 Å². The molecule has 114 valence electrons. The van der Waals surface area contributed by atoms with Gasteiger partial charge in [0.05, 0.1) is 13.1 Å². The second-order valence-electron chi connectivity index (χ2n) is 4.99. The highest BCUT2D eigenvalue weighted by atomic mass is 127. The molecule has 2 aromatic rings. The first-order valence-corrected chi connectivity index (χ1v) is 7.85. The maximum atomic E-state index is 5.49. The van der Waals surface area contributed by atoms with E-state index in [1.165, 1.54) is 22.0 Å². The minimum Gasteiger partial charge on any atom is -0.338 e. The predicted molar refractivity (Wildman–Crippen MR) is 91.0 cm³/mol. The molecule has 0 saturated carbocycles. The van der Waals surface area contributed by atoms with Crippen LogP contribution in [0.1, 0.15) is 36.2 Å². The molecule has 1 aliphatic rings. The van der Waals surface area contributed by atoms with Crippen molar-refractivity contribution in [3.8, 4) is 0 Å². The van der Waals surface area contributed by atoms with Gasteiger partial charge in [-0.15, -0.1) is 12.4 Å². The Morgan fingerprint density at radius 3 is 2.76 bits per heavy atom. The third-order valence-corrected chi connectivity index (χ3v) is 4.37. The van der Waals surface area contributed by atoms with E-state index in [9.17, 15) is 0 Å². The first kappa shape index (κ1) is 16.7. The van der Waals surface area contributed by atoms with E-state index in [4.69, 9.17) is 10.3 Å². The molecule has 21 heavy (non-hydrogen) atoms. The van der Waals surface area contributed by atoms with Crippen molar-refractivity contribution in [3.63, 3.8) is 0 Å². The summed E-state index contributed by atoms with van der Waals surface area (Å²) in [5.74, 6) is 1.23. The van der Waals surface area contributed by atoms with Crippen LogP contribution in [-0.2, 0) is 13.1 Å². The molecule has 1 saturated heterocycles. The lowest BCUT2D eigenvalue weighted by Gasteiger charge is -2.23. The highest BCUT2D eigenvalue weighted by molar-refractivity contribution is 14.1. The average Bonchev–Trinajstić information content (AvgIpc) is 3.09. The van der Waals surface area contributed by atoms with Crippen molar-refractivity contribution in [2.24, 2.45) is 5.73 Å². The molecule has 2 heterocycles. The van der Waals surface area contributed by atoms with Crippen LogP contribution in [0.2, 0.25) is 0 Å². The van der Waals surface area contributed by atoms with Crippen LogP contribution in [0.25, 0.3) is 0 Å². The third kappa shape index (κ3) is 3.94. The lowest BCUT2D eigenvalue weighted by atomic mass is 10.0. The molecule has 7 heteroatoms. The fraction of sp³-hybridized carbons (Fsp3) is 0.429. The van der Waals surface area contributed by atoms with E-state index >= 15 is 0 Å². The Morgan fingerprint density at radius 2 is 2.10 bits per heavy atom. The minimum absolute atomic E-state index is 0. The Kier molecular flexibility index (Phi) is 5.98. The summed E-state index contributed by atoms with van der Waals surface area (Å²) in [6, 6.07) is 9.20. The van der Waals surface area contributed by atoms with E-state index in [0.29, 0.717) is 18.5 Å². The summed E-state index contributed by atoms with van der Waals surface area (Å²) in [5.41, 5.74) is 6.86. The molecule has 1 aliphatic heterocycles. The number of hydrogen-bond donors (Lipinski definition) is 1. The molecule has 0 bridgehead atoms. The molecule has 1 atom stereocenters. The van der Waals surface area contributed by atoms with Gasteiger partial charge in [0.1, 0.15) is 0 Å². The number of nitrogens with two attached hydrogens (primary N) is 1. The standard InChI is InChI=1S/C14H17IN4O.ClH/c15-11-5-3-10(4-6-11)12-2-1-7-19(12)9-13-17-14(8-16)20-18-13;/h3-6,12H,1-2,7-9,16H2;1H. The molecule has 3 rings (SSSR count). The van der Waals surface area contributed by atoms with Gasteiger partial charge in [0.2, 0.25) is 5.89 Å². The Balaban J connectivity index is 0.00000161. The summed E-state index contributed by atoms with van der Waals surface area (Å²) in [7, 11) is 0. The molecule has 5 nitrogen and oxygen atoms in total. The van der Waals surface area contributed by atoms with Crippen molar-refractivity contribution in [2.45, 2.75) is 32.0 Å². The zero-order valence-electron chi connectivity index (χ0n) is 11.5. The average molecular weight is 421 g/mol. The van der Waals surface area contributed by atoms with E-state index in [-0.39, 0.29) is 12.4 Å². The van der Waals surface area contributed by atoms with Crippen molar-refractivity contribution in [1.82, 2.24) is 15.0 Å². The van der Waals surface area contributed by atoms with Crippen molar-refractivity contribution >= 4 is 35.0 Å². The summed E-state index contributed by atoms with van der Waals surface area (Å²) >= 11 is 2.33. The fourth-order valence-electron chi connectivity index (χ4n) is 2.70. The summed E-state index contributed by atoms with van der Waals surface area (Å²) in [6.07, 6.45) is 2.39. The first-order valence-electron chi connectivity index (χ1n) is 6.77. The van der Waals surface area contributed by atoms with E-state index in [1.54, 1.807) is 0 Å². The van der Waals surface area contributed by atoms with E-state index in [0.717, 1.165) is 18.9 Å². The van der Waals surface area contributed by atoms with Gasteiger partial charge < -0.3 is 10.3 Å². The zero-order valence-corrected chi connectivity index (χ0v) is 14.5. The SMILES string of the molecule is Cl.NCc1nc(CN2CCCC2c2ccc(I)cc2)no1. The summed E-state index contributed by atoms with van der Waals surface area (Å²) in [4.78, 5) is 6.70. The van der Waals surface area contributed by atoms with Crippen molar-refractivity contribution < 1.29 is 4.52 Å². The largest absolute Gasteiger partial charge is 0.338 e. The van der Waals surface area contributed by atoms with E-state index in [1.807, 2.05) is 0 Å². The molecule has 0 amide bonds. The Hall–Kier alpha value is -0.700. The number of halogens is 2. The second-order valence-corrected chi connectivity index (χ2v) is 6.23. The molecular weight excluding hydrogens is 403 g/mol. The Morgan fingerprint density at radius 1 is 1.33 bits per heavy atom. The lowest BCUT2D eigenvalue weighted by Crippen LogP contribution is -2.23. The van der Waals surface area contributed by atoms with Crippen molar-refractivity contribution in [1.29, 1.82) is 0 Å². The van der Waals surface area contributed by atoms with Crippen LogP contribution in [0.5, 0.6) is 0 Å². The highest BCUT2D eigenvalue weighted by Gasteiger charge is 2.27. The van der Waals surface area contributed by atoms with Crippen LogP contribution in [0.4, 0.5) is 0 Å². The maximum absolute atomic E-state index is 5.49. The van der Waals surface area contributed by atoms with Crippen LogP contribution < -0.4 is 5.73 Å². The second kappa shape index (κ2) is 7.53. The number of benzene rings is 1. The van der Waals surface area contributed by atoms with Crippen LogP contribution in [0, 0.1) is 3.57 Å². The smallest absolute Gasteiger partial charge is 0.240 e. The summed E-state index contributed by atoms with van der Waals surface area (Å²) in [6.45, 7) is 2.09. The number of likely N-dealkylation sites (tertiary alicyclic amines) is 1. The van der Waals surface area contributed by atoms with Gasteiger partial charge in [-0.25, -0.2) is 0 Å². The van der Waals surface area contributed by atoms with Gasteiger partial charge in [-0.2, -0.15) is 4.98 Å². The lowest BCUT2D eigenvalue weighted by molar-refractivity contribution is 0.238. The molecule has 0 aliphatic carbocycles. The zero-order chi connectivity index (χ0) is 13.9. The molecule has 1 aromatic carbocycles. The predicted octanol–water partition coefficient (Wildman–Crippen LogP) is 2.89. The third-order valence-electron chi connectivity index (χ3n) is 3.65. The van der Waals surface area contributed by atoms with Gasteiger partial charge in [-0.05, 0) is 59.7 Å². The van der Waals surface area contributed by atoms with Crippen LogP contribution in [0.3, 0.4) is 0 Å². The maximum Gasteiger partial charge on any atom is 0.240 e. The molecule has 0 spiro atoms. The van der Waals surface area contributed by atoms with Crippen LogP contribution >= 0.6 is 35.0 Å². The molecule has 1 aromatic heterocycles. The molecule has 2 N–H and O–H groups in total. The number of nitrogens with zero attached hydrogens (tertiary/aromatic N) is 3. The monoisotopic (exact) mass is 420 g/mol. The van der Waals surface area contributed by atoms with E-state index < -0.39 is 0 Å². The topological polar surface area (TPSA) is 68.2 Å². The van der Waals surface area contributed by atoms with Gasteiger partial charge in [-0.1, -0.05) is 17.3 Å². The fourth-order valence-corrected chi connectivity index (χ4v) is 3.06. The number of aromatic nitrogens is 2. The Labute approximate surface area is 143 Å². The first-order chi connectivity index (χ1) is 9.76. The van der Waals surface area contributed by atoms with Gasteiger partial charge >= 0.3 is 0 Å². The van der Waals surface area contributed by atoms with Crippen LogP contribution in [-0.4, -0.2) is 21.6 Å². The Bertz CT molecular complexity index is 575. The molecular formula is C14H18ClIN4O.